The van der Waals surface area contributed by atoms with Crippen molar-refractivity contribution in [3.63, 3.8) is 0 Å². The van der Waals surface area contributed by atoms with Crippen LogP contribution in [-0.4, -0.2) is 22.9 Å². The summed E-state index contributed by atoms with van der Waals surface area (Å²) in [4.78, 5) is 0. The highest BCUT2D eigenvalue weighted by Gasteiger charge is 2.51. The molecule has 1 aliphatic heterocycles. The van der Waals surface area contributed by atoms with Gasteiger partial charge in [-0.05, 0) is 63.7 Å². The summed E-state index contributed by atoms with van der Waals surface area (Å²) in [5.41, 5.74) is 3.91. The molecule has 3 nitrogen and oxygen atoms in total. The molecule has 0 spiro atoms. The fourth-order valence-corrected chi connectivity index (χ4v) is 4.77. The number of aromatic nitrogens is 1. The highest BCUT2D eigenvalue weighted by Crippen LogP contribution is 2.39. The fraction of sp³-hybridized carbons (Fsp3) is 0.226. The van der Waals surface area contributed by atoms with E-state index in [9.17, 15) is 0 Å². The molecule has 0 N–H and O–H groups in total. The number of benzene rings is 4. The van der Waals surface area contributed by atoms with Crippen molar-refractivity contribution in [1.29, 1.82) is 0 Å². The van der Waals surface area contributed by atoms with Crippen molar-refractivity contribution in [3.8, 4) is 5.69 Å². The lowest BCUT2D eigenvalue weighted by atomic mass is 9.78. The molecule has 1 aromatic heterocycles. The first kappa shape index (κ1) is 23.4. The van der Waals surface area contributed by atoms with Crippen LogP contribution in [-0.2, 0) is 9.31 Å². The summed E-state index contributed by atoms with van der Waals surface area (Å²) in [7, 11) is -0.375. The Bertz CT molecular complexity index is 1520. The standard InChI is InChI=1S/C28H26BNO2.C3H6/c1-27(2)28(3,4)32-29(31-27)20-15-17-25-24(18-20)23-16-14-19-10-8-9-13-22(19)26(23)30(25)21-11-6-5-7-12-21;1-3-2/h5-18H,1-4H3;3H,1H2,2H3. The lowest BCUT2D eigenvalue weighted by Crippen LogP contribution is -2.41. The van der Waals surface area contributed by atoms with Crippen LogP contribution >= 0.6 is 0 Å². The highest BCUT2D eigenvalue weighted by atomic mass is 16.7. The Balaban J connectivity index is 0.000000806. The lowest BCUT2D eigenvalue weighted by Gasteiger charge is -2.32. The van der Waals surface area contributed by atoms with Gasteiger partial charge in [-0.25, -0.2) is 0 Å². The third kappa shape index (κ3) is 3.87. The maximum atomic E-state index is 6.34. The van der Waals surface area contributed by atoms with Crippen molar-refractivity contribution in [2.24, 2.45) is 0 Å². The molecule has 0 bridgehead atoms. The quantitative estimate of drug-likeness (QED) is 0.202. The molecular weight excluding hydrogens is 429 g/mol. The third-order valence-electron chi connectivity index (χ3n) is 7.22. The molecule has 1 saturated heterocycles. The van der Waals surface area contributed by atoms with Crippen LogP contribution in [0.25, 0.3) is 38.3 Å². The maximum Gasteiger partial charge on any atom is 0.494 e. The SMILES string of the molecule is C=CC.CC1(C)OB(c2ccc3c(c2)c2ccc4ccccc4c2n3-c2ccccc2)OC1(C)C. The molecular formula is C31H32BNO2. The number of fused-ring (bicyclic) bond motifs is 5. The van der Waals surface area contributed by atoms with Crippen LogP contribution in [0.2, 0.25) is 0 Å². The zero-order valence-corrected chi connectivity index (χ0v) is 21.2. The van der Waals surface area contributed by atoms with Gasteiger partial charge in [0.2, 0.25) is 0 Å². The van der Waals surface area contributed by atoms with Gasteiger partial charge in [-0.1, -0.05) is 72.8 Å². The van der Waals surface area contributed by atoms with Crippen LogP contribution < -0.4 is 5.46 Å². The Labute approximate surface area is 208 Å². The summed E-state index contributed by atoms with van der Waals surface area (Å²) >= 11 is 0. The Morgan fingerprint density at radius 2 is 1.37 bits per heavy atom. The minimum absolute atomic E-state index is 0.360. The van der Waals surface area contributed by atoms with Gasteiger partial charge < -0.3 is 13.9 Å². The average molecular weight is 461 g/mol. The van der Waals surface area contributed by atoms with E-state index in [-0.39, 0.29) is 18.3 Å². The van der Waals surface area contributed by atoms with Crippen molar-refractivity contribution in [3.05, 3.63) is 97.6 Å². The number of hydrogen-bond acceptors (Lipinski definition) is 2. The van der Waals surface area contributed by atoms with Gasteiger partial charge in [0.1, 0.15) is 0 Å². The summed E-state index contributed by atoms with van der Waals surface area (Å²) in [6.45, 7) is 13.6. The molecule has 176 valence electrons. The van der Waals surface area contributed by atoms with Crippen LogP contribution in [0.1, 0.15) is 34.6 Å². The van der Waals surface area contributed by atoms with E-state index in [0.717, 1.165) is 11.2 Å². The Hall–Kier alpha value is -3.34. The van der Waals surface area contributed by atoms with Gasteiger partial charge in [0, 0.05) is 21.8 Å². The van der Waals surface area contributed by atoms with Crippen LogP contribution in [0.3, 0.4) is 0 Å². The van der Waals surface area contributed by atoms with Gasteiger partial charge >= 0.3 is 7.12 Å². The van der Waals surface area contributed by atoms with Gasteiger partial charge in [0.05, 0.1) is 22.2 Å². The topological polar surface area (TPSA) is 23.4 Å². The molecule has 0 unspecified atom stereocenters. The first-order valence-electron chi connectivity index (χ1n) is 12.2. The summed E-state index contributed by atoms with van der Waals surface area (Å²) < 4.78 is 15.1. The molecule has 2 heterocycles. The Kier molecular flexibility index (Phi) is 5.82. The smallest absolute Gasteiger partial charge is 0.399 e. The fourth-order valence-electron chi connectivity index (χ4n) is 4.77. The zero-order valence-electron chi connectivity index (χ0n) is 21.2. The summed E-state index contributed by atoms with van der Waals surface area (Å²) in [6.07, 6.45) is 1.75. The van der Waals surface area contributed by atoms with Crippen molar-refractivity contribution in [1.82, 2.24) is 4.57 Å². The van der Waals surface area contributed by atoms with Crippen molar-refractivity contribution in [2.75, 3.05) is 0 Å². The first-order valence-corrected chi connectivity index (χ1v) is 12.2. The normalized spacial score (nSPS) is 16.4. The van der Waals surface area contributed by atoms with Crippen LogP contribution in [0, 0.1) is 0 Å². The predicted molar refractivity (Wildman–Crippen MR) is 150 cm³/mol. The van der Waals surface area contributed by atoms with Crippen LogP contribution in [0.4, 0.5) is 0 Å². The van der Waals surface area contributed by atoms with Gasteiger partial charge in [-0.15, -0.1) is 6.58 Å². The minimum atomic E-state index is -0.375. The molecule has 0 atom stereocenters. The lowest BCUT2D eigenvalue weighted by molar-refractivity contribution is 0.00578. The minimum Gasteiger partial charge on any atom is -0.399 e. The number of hydrogen-bond donors (Lipinski definition) is 0. The largest absolute Gasteiger partial charge is 0.494 e. The molecule has 6 rings (SSSR count). The van der Waals surface area contributed by atoms with Crippen molar-refractivity contribution < 1.29 is 9.31 Å². The summed E-state index contributed by atoms with van der Waals surface area (Å²) in [5, 5.41) is 4.94. The molecule has 0 radical (unpaired) electrons. The molecule has 1 aliphatic rings. The van der Waals surface area contributed by atoms with Crippen molar-refractivity contribution in [2.45, 2.75) is 45.8 Å². The Morgan fingerprint density at radius 3 is 2.06 bits per heavy atom. The van der Waals surface area contributed by atoms with E-state index in [1.165, 1.54) is 32.6 Å². The van der Waals surface area contributed by atoms with E-state index in [4.69, 9.17) is 9.31 Å². The van der Waals surface area contributed by atoms with E-state index in [0.29, 0.717) is 0 Å². The van der Waals surface area contributed by atoms with Gasteiger partial charge in [0.25, 0.3) is 0 Å². The van der Waals surface area contributed by atoms with Gasteiger partial charge in [0.15, 0.2) is 0 Å². The van der Waals surface area contributed by atoms with E-state index >= 15 is 0 Å². The Morgan fingerprint density at radius 1 is 0.743 bits per heavy atom. The molecule has 0 saturated carbocycles. The predicted octanol–water partition coefficient (Wildman–Crippen LogP) is 7.43. The van der Waals surface area contributed by atoms with E-state index in [1.54, 1.807) is 6.08 Å². The zero-order chi connectivity index (χ0) is 24.8. The maximum absolute atomic E-state index is 6.34. The van der Waals surface area contributed by atoms with E-state index in [1.807, 2.05) is 6.92 Å². The van der Waals surface area contributed by atoms with E-state index < -0.39 is 0 Å². The van der Waals surface area contributed by atoms with Crippen molar-refractivity contribution >= 4 is 45.2 Å². The molecule has 4 heteroatoms. The molecule has 1 fully saturated rings. The summed E-state index contributed by atoms with van der Waals surface area (Å²) in [6, 6.07) is 30.2. The van der Waals surface area contributed by atoms with Crippen LogP contribution in [0.15, 0.2) is 97.6 Å². The van der Waals surface area contributed by atoms with Crippen LogP contribution in [0.5, 0.6) is 0 Å². The second-order valence-corrected chi connectivity index (χ2v) is 10.1. The third-order valence-corrected chi connectivity index (χ3v) is 7.22. The van der Waals surface area contributed by atoms with Gasteiger partial charge in [-0.3, -0.25) is 0 Å². The number of allylic oxidation sites excluding steroid dienone is 1. The number of nitrogens with zero attached hydrogens (tertiary/aromatic N) is 1. The highest BCUT2D eigenvalue weighted by molar-refractivity contribution is 6.62. The average Bonchev–Trinajstić information content (AvgIpc) is 3.29. The number of para-hydroxylation sites is 1. The second-order valence-electron chi connectivity index (χ2n) is 10.1. The molecule has 35 heavy (non-hydrogen) atoms. The van der Waals surface area contributed by atoms with Gasteiger partial charge in [-0.2, -0.15) is 0 Å². The summed E-state index contributed by atoms with van der Waals surface area (Å²) in [5.74, 6) is 0. The molecule has 0 aliphatic carbocycles. The first-order chi connectivity index (χ1) is 16.8. The molecule has 4 aromatic carbocycles. The molecule has 0 amide bonds. The molecule has 5 aromatic rings. The number of rotatable bonds is 2. The van der Waals surface area contributed by atoms with E-state index in [2.05, 4.69) is 124 Å². The second kappa shape index (κ2) is 8.71. The monoisotopic (exact) mass is 461 g/mol.